The number of fused-ring (bicyclic) bond motifs is 1. The van der Waals surface area contributed by atoms with Crippen LogP contribution in [0.4, 0.5) is 5.82 Å². The van der Waals surface area contributed by atoms with Crippen molar-refractivity contribution in [3.05, 3.63) is 30.3 Å². The van der Waals surface area contributed by atoms with Gasteiger partial charge in [0.05, 0.1) is 16.5 Å². The number of benzene rings is 1. The third kappa shape index (κ3) is 3.31. The lowest BCUT2D eigenvalue weighted by Crippen LogP contribution is -2.33. The number of anilines is 1. The van der Waals surface area contributed by atoms with E-state index in [1.54, 1.807) is 32.2 Å². The van der Waals surface area contributed by atoms with Crippen LogP contribution in [0.15, 0.2) is 35.2 Å². The van der Waals surface area contributed by atoms with Crippen molar-refractivity contribution < 1.29 is 13.5 Å². The molecule has 0 bridgehead atoms. The minimum absolute atomic E-state index is 0.0529. The smallest absolute Gasteiger partial charge is 0.242 e. The number of nitrogens with zero attached hydrogens (tertiary/aromatic N) is 2. The Balaban J connectivity index is 2.42. The van der Waals surface area contributed by atoms with Gasteiger partial charge in [-0.1, -0.05) is 0 Å². The van der Waals surface area contributed by atoms with E-state index in [1.807, 2.05) is 6.07 Å². The van der Waals surface area contributed by atoms with Gasteiger partial charge in [0, 0.05) is 26.0 Å². The third-order valence-corrected chi connectivity index (χ3v) is 4.97. The molecule has 1 aromatic heterocycles. The summed E-state index contributed by atoms with van der Waals surface area (Å²) in [4.78, 5) is 4.54. The summed E-state index contributed by atoms with van der Waals surface area (Å²) in [5.74, 6) is 0.726. The van der Waals surface area contributed by atoms with Crippen molar-refractivity contribution >= 4 is 26.7 Å². The van der Waals surface area contributed by atoms with Crippen molar-refractivity contribution in [3.63, 3.8) is 0 Å². The van der Waals surface area contributed by atoms with E-state index in [1.165, 1.54) is 13.1 Å². The molecule has 0 aliphatic heterocycles. The van der Waals surface area contributed by atoms with Gasteiger partial charge in [-0.05, 0) is 37.3 Å². The molecular formula is C14H19N3O3S. The predicted molar refractivity (Wildman–Crippen MR) is 82.8 cm³/mol. The van der Waals surface area contributed by atoms with E-state index in [0.29, 0.717) is 0 Å². The monoisotopic (exact) mass is 309 g/mol. The molecule has 2 rings (SSSR count). The number of sulfonamides is 1. The Kier molecular flexibility index (Phi) is 4.46. The molecule has 0 amide bonds. The van der Waals surface area contributed by atoms with Gasteiger partial charge in [0.25, 0.3) is 0 Å². The molecule has 1 heterocycles. The van der Waals surface area contributed by atoms with E-state index in [0.717, 1.165) is 21.0 Å². The maximum Gasteiger partial charge on any atom is 0.242 e. The van der Waals surface area contributed by atoms with Crippen LogP contribution in [0.2, 0.25) is 0 Å². The average molecular weight is 309 g/mol. The molecule has 2 aromatic rings. The quantitative estimate of drug-likeness (QED) is 0.869. The van der Waals surface area contributed by atoms with Crippen molar-refractivity contribution in [2.45, 2.75) is 17.9 Å². The van der Waals surface area contributed by atoms with Crippen LogP contribution in [-0.2, 0) is 10.0 Å². The molecule has 1 atom stereocenters. The zero-order valence-electron chi connectivity index (χ0n) is 12.2. The molecule has 21 heavy (non-hydrogen) atoms. The number of hydrogen-bond acceptors (Lipinski definition) is 5. The second-order valence-corrected chi connectivity index (χ2v) is 6.98. The van der Waals surface area contributed by atoms with Crippen LogP contribution < -0.4 is 5.32 Å². The normalized spacial score (nSPS) is 13.6. The molecular weight excluding hydrogens is 290 g/mol. The predicted octanol–water partition coefficient (Wildman–Crippen LogP) is 1.28. The van der Waals surface area contributed by atoms with E-state index >= 15 is 0 Å². The summed E-state index contributed by atoms with van der Waals surface area (Å²) in [6.45, 7) is 1.60. The van der Waals surface area contributed by atoms with Gasteiger partial charge >= 0.3 is 0 Å². The summed E-state index contributed by atoms with van der Waals surface area (Å²) in [6.07, 6.45) is -0.718. The van der Waals surface area contributed by atoms with Crippen molar-refractivity contribution in [2.75, 3.05) is 26.0 Å². The van der Waals surface area contributed by atoms with Crippen LogP contribution >= 0.6 is 0 Å². The second kappa shape index (κ2) is 5.97. The molecule has 7 heteroatoms. The molecule has 0 saturated carbocycles. The van der Waals surface area contributed by atoms with Crippen molar-refractivity contribution in [1.29, 1.82) is 0 Å². The number of nitrogens with one attached hydrogen (secondary N) is 1. The fourth-order valence-corrected chi connectivity index (χ4v) is 3.34. The Labute approximate surface area is 124 Å². The lowest BCUT2D eigenvalue weighted by atomic mass is 10.2. The first-order valence-corrected chi connectivity index (χ1v) is 8.01. The number of rotatable bonds is 5. The largest absolute Gasteiger partial charge is 0.392 e. The Hall–Kier alpha value is -1.70. The maximum absolute atomic E-state index is 12.4. The summed E-state index contributed by atoms with van der Waals surface area (Å²) in [5.41, 5.74) is 0.721. The summed E-state index contributed by atoms with van der Waals surface area (Å²) >= 11 is 0. The first kappa shape index (κ1) is 15.7. The third-order valence-electron chi connectivity index (χ3n) is 3.15. The highest BCUT2D eigenvalue weighted by Gasteiger charge is 2.22. The van der Waals surface area contributed by atoms with Gasteiger partial charge in [0.1, 0.15) is 5.82 Å². The molecule has 2 N–H and O–H groups in total. The molecule has 1 aromatic carbocycles. The second-order valence-electron chi connectivity index (χ2n) is 4.94. The van der Waals surface area contributed by atoms with Crippen molar-refractivity contribution in [3.8, 4) is 0 Å². The standard InChI is InChI=1S/C14H19N3O3S/c1-10(18)9-17(3)21(19,20)12-5-6-13-11(8-12)4-7-14(15-2)16-13/h4-8,10,18H,9H2,1-3H3,(H,15,16). The molecule has 0 aliphatic rings. The first-order valence-electron chi connectivity index (χ1n) is 6.57. The van der Waals surface area contributed by atoms with Crippen molar-refractivity contribution in [2.24, 2.45) is 0 Å². The van der Waals surface area contributed by atoms with E-state index in [4.69, 9.17) is 0 Å². The summed E-state index contributed by atoms with van der Waals surface area (Å²) < 4.78 is 26.0. The summed E-state index contributed by atoms with van der Waals surface area (Å²) in [7, 11) is -0.382. The molecule has 1 unspecified atom stereocenters. The van der Waals surface area contributed by atoms with Gasteiger partial charge in [-0.3, -0.25) is 0 Å². The van der Waals surface area contributed by atoms with E-state index < -0.39 is 16.1 Å². The van der Waals surface area contributed by atoms with Gasteiger partial charge in [0.2, 0.25) is 10.0 Å². The van der Waals surface area contributed by atoms with Crippen LogP contribution in [0, 0.1) is 0 Å². The highest BCUT2D eigenvalue weighted by atomic mass is 32.2. The number of aliphatic hydroxyl groups is 1. The van der Waals surface area contributed by atoms with E-state index in [-0.39, 0.29) is 11.4 Å². The Bertz CT molecular complexity index is 744. The number of likely N-dealkylation sites (N-methyl/N-ethyl adjacent to an activating group) is 1. The summed E-state index contributed by atoms with van der Waals surface area (Å²) in [5, 5.41) is 13.0. The lowest BCUT2D eigenvalue weighted by Gasteiger charge is -2.18. The van der Waals surface area contributed by atoms with Gasteiger partial charge in [0.15, 0.2) is 0 Å². The van der Waals surface area contributed by atoms with Crippen LogP contribution in [-0.4, -0.2) is 49.6 Å². The fraction of sp³-hybridized carbons (Fsp3) is 0.357. The number of aliphatic hydroxyl groups excluding tert-OH is 1. The van der Waals surface area contributed by atoms with Gasteiger partial charge < -0.3 is 10.4 Å². The van der Waals surface area contributed by atoms with Crippen LogP contribution in [0.3, 0.4) is 0 Å². The average Bonchev–Trinajstić information content (AvgIpc) is 2.45. The number of pyridine rings is 1. The highest BCUT2D eigenvalue weighted by Crippen LogP contribution is 2.21. The van der Waals surface area contributed by atoms with E-state index in [2.05, 4.69) is 10.3 Å². The highest BCUT2D eigenvalue weighted by molar-refractivity contribution is 7.89. The van der Waals surface area contributed by atoms with Crippen LogP contribution in [0.25, 0.3) is 10.9 Å². The van der Waals surface area contributed by atoms with Gasteiger partial charge in [-0.25, -0.2) is 13.4 Å². The van der Waals surface area contributed by atoms with Crippen LogP contribution in [0.5, 0.6) is 0 Å². The molecule has 114 valence electrons. The zero-order valence-corrected chi connectivity index (χ0v) is 13.1. The molecule has 0 fully saturated rings. The molecule has 0 saturated heterocycles. The summed E-state index contributed by atoms with van der Waals surface area (Å²) in [6, 6.07) is 8.41. The van der Waals surface area contributed by atoms with Crippen molar-refractivity contribution in [1.82, 2.24) is 9.29 Å². The first-order chi connectivity index (χ1) is 9.84. The Morgan fingerprint density at radius 3 is 2.67 bits per heavy atom. The minimum Gasteiger partial charge on any atom is -0.392 e. The zero-order chi connectivity index (χ0) is 15.6. The topological polar surface area (TPSA) is 82.5 Å². The maximum atomic E-state index is 12.4. The van der Waals surface area contributed by atoms with E-state index in [9.17, 15) is 13.5 Å². The fourth-order valence-electron chi connectivity index (χ4n) is 2.05. The molecule has 0 aliphatic carbocycles. The van der Waals surface area contributed by atoms with Gasteiger partial charge in [-0.15, -0.1) is 0 Å². The minimum atomic E-state index is -3.61. The SMILES string of the molecule is CNc1ccc2cc(S(=O)(=O)N(C)CC(C)O)ccc2n1. The number of hydrogen-bond donors (Lipinski definition) is 2. The Morgan fingerprint density at radius 1 is 1.33 bits per heavy atom. The molecule has 0 radical (unpaired) electrons. The van der Waals surface area contributed by atoms with Gasteiger partial charge in [-0.2, -0.15) is 4.31 Å². The molecule has 0 spiro atoms. The Morgan fingerprint density at radius 2 is 2.05 bits per heavy atom. The molecule has 6 nitrogen and oxygen atoms in total. The lowest BCUT2D eigenvalue weighted by molar-refractivity contribution is 0.171. The number of aromatic nitrogens is 1. The van der Waals surface area contributed by atoms with Crippen LogP contribution in [0.1, 0.15) is 6.92 Å².